The fourth-order valence-electron chi connectivity index (χ4n) is 1.54. The van der Waals surface area contributed by atoms with E-state index in [4.69, 9.17) is 32.7 Å². The lowest BCUT2D eigenvalue weighted by Gasteiger charge is -2.08. The first-order chi connectivity index (χ1) is 9.17. The second-order valence-corrected chi connectivity index (χ2v) is 4.63. The monoisotopic (exact) mass is 296 g/mol. The van der Waals surface area contributed by atoms with Crippen molar-refractivity contribution in [3.8, 4) is 11.5 Å². The van der Waals surface area contributed by atoms with Gasteiger partial charge in [0.2, 0.25) is 0 Å². The summed E-state index contributed by atoms with van der Waals surface area (Å²) >= 11 is 11.8. The predicted octanol–water partition coefficient (Wildman–Crippen LogP) is 4.11. The summed E-state index contributed by atoms with van der Waals surface area (Å²) in [6.45, 7) is 0.712. The first-order valence-corrected chi connectivity index (χ1v) is 6.21. The van der Waals surface area contributed by atoms with Crippen LogP contribution in [0.25, 0.3) is 0 Å². The predicted molar refractivity (Wildman–Crippen MR) is 73.9 cm³/mol. The molecule has 0 aliphatic heterocycles. The summed E-state index contributed by atoms with van der Waals surface area (Å²) < 4.78 is 10.3. The average Bonchev–Trinajstić information content (AvgIpc) is 2.36. The van der Waals surface area contributed by atoms with Gasteiger partial charge in [-0.05, 0) is 35.9 Å². The fraction of sp³-hybridized carbons (Fsp3) is 0.0714. The van der Waals surface area contributed by atoms with E-state index >= 15 is 0 Å². The van der Waals surface area contributed by atoms with Crippen molar-refractivity contribution in [3.63, 3.8) is 0 Å². The Bertz CT molecular complexity index is 564. The van der Waals surface area contributed by atoms with Crippen molar-refractivity contribution in [3.05, 3.63) is 58.1 Å². The zero-order chi connectivity index (χ0) is 13.7. The SMILES string of the molecule is O=COc1cccc(COc2cc(Cl)cc(Cl)c2)c1. The van der Waals surface area contributed by atoms with Crippen molar-refractivity contribution >= 4 is 29.7 Å². The maximum atomic E-state index is 10.3. The highest BCUT2D eigenvalue weighted by atomic mass is 35.5. The topological polar surface area (TPSA) is 35.5 Å². The maximum absolute atomic E-state index is 10.3. The Labute approximate surface area is 120 Å². The Morgan fingerprint density at radius 1 is 1.00 bits per heavy atom. The van der Waals surface area contributed by atoms with Crippen molar-refractivity contribution < 1.29 is 14.3 Å². The molecule has 98 valence electrons. The lowest BCUT2D eigenvalue weighted by molar-refractivity contribution is -0.120. The molecule has 2 aromatic carbocycles. The summed E-state index contributed by atoms with van der Waals surface area (Å²) in [6, 6.07) is 12.0. The Morgan fingerprint density at radius 2 is 1.74 bits per heavy atom. The number of rotatable bonds is 5. The lowest BCUT2D eigenvalue weighted by atomic mass is 10.2. The smallest absolute Gasteiger partial charge is 0.298 e. The van der Waals surface area contributed by atoms with Crippen molar-refractivity contribution in [2.45, 2.75) is 6.61 Å². The molecule has 2 aromatic rings. The Hall–Kier alpha value is -1.71. The van der Waals surface area contributed by atoms with Gasteiger partial charge in [-0.15, -0.1) is 0 Å². The van der Waals surface area contributed by atoms with Crippen LogP contribution in [0.15, 0.2) is 42.5 Å². The molecule has 0 N–H and O–H groups in total. The van der Waals surface area contributed by atoms with Gasteiger partial charge in [-0.1, -0.05) is 35.3 Å². The van der Waals surface area contributed by atoms with Crippen molar-refractivity contribution in [1.82, 2.24) is 0 Å². The zero-order valence-corrected chi connectivity index (χ0v) is 11.3. The van der Waals surface area contributed by atoms with Crippen LogP contribution in [0.5, 0.6) is 11.5 Å². The Kier molecular flexibility index (Phi) is 4.66. The molecule has 0 saturated heterocycles. The molecule has 0 heterocycles. The van der Waals surface area contributed by atoms with Crippen LogP contribution in [-0.4, -0.2) is 6.47 Å². The fourth-order valence-corrected chi connectivity index (χ4v) is 2.05. The van der Waals surface area contributed by atoms with Gasteiger partial charge in [0.25, 0.3) is 6.47 Å². The molecule has 0 amide bonds. The van der Waals surface area contributed by atoms with Gasteiger partial charge in [-0.2, -0.15) is 0 Å². The standard InChI is InChI=1S/C14H10Cl2O3/c15-11-5-12(16)7-14(6-11)18-8-10-2-1-3-13(4-10)19-9-17/h1-7,9H,8H2. The van der Waals surface area contributed by atoms with Crippen molar-refractivity contribution in [2.75, 3.05) is 0 Å². The molecule has 0 unspecified atom stereocenters. The number of benzene rings is 2. The minimum atomic E-state index is 0.326. The van der Waals surface area contributed by atoms with Crippen molar-refractivity contribution in [1.29, 1.82) is 0 Å². The van der Waals surface area contributed by atoms with Gasteiger partial charge in [-0.3, -0.25) is 4.79 Å². The molecule has 0 radical (unpaired) electrons. The number of hydrogen-bond donors (Lipinski definition) is 0. The molecule has 0 fully saturated rings. The summed E-state index contributed by atoms with van der Waals surface area (Å²) in [6.07, 6.45) is 0. The molecule has 0 bridgehead atoms. The van der Waals surface area contributed by atoms with Crippen LogP contribution in [0.3, 0.4) is 0 Å². The average molecular weight is 297 g/mol. The highest BCUT2D eigenvalue weighted by molar-refractivity contribution is 6.34. The summed E-state index contributed by atoms with van der Waals surface area (Å²) in [5.41, 5.74) is 0.871. The van der Waals surface area contributed by atoms with Crippen LogP contribution in [0.1, 0.15) is 5.56 Å². The molecule has 0 aromatic heterocycles. The third kappa shape index (κ3) is 4.16. The molecular formula is C14H10Cl2O3. The van der Waals surface area contributed by atoms with Gasteiger partial charge < -0.3 is 9.47 Å². The van der Waals surface area contributed by atoms with Crippen LogP contribution in [-0.2, 0) is 11.4 Å². The van der Waals surface area contributed by atoms with E-state index < -0.39 is 0 Å². The summed E-state index contributed by atoms with van der Waals surface area (Å²) in [7, 11) is 0. The summed E-state index contributed by atoms with van der Waals surface area (Å²) in [4.78, 5) is 10.3. The van der Waals surface area contributed by atoms with Gasteiger partial charge >= 0.3 is 0 Å². The number of halogens is 2. The maximum Gasteiger partial charge on any atom is 0.298 e. The first kappa shape index (κ1) is 13.7. The molecule has 0 saturated carbocycles. The van der Waals surface area contributed by atoms with Crippen LogP contribution >= 0.6 is 23.2 Å². The quantitative estimate of drug-likeness (QED) is 0.779. The number of carbonyl (C=O) groups excluding carboxylic acids is 1. The number of ether oxygens (including phenoxy) is 2. The third-order valence-corrected chi connectivity index (χ3v) is 2.76. The highest BCUT2D eigenvalue weighted by Crippen LogP contribution is 2.25. The largest absolute Gasteiger partial charge is 0.489 e. The summed E-state index contributed by atoms with van der Waals surface area (Å²) in [5.74, 6) is 1.06. The minimum absolute atomic E-state index is 0.326. The first-order valence-electron chi connectivity index (χ1n) is 5.45. The Balaban J connectivity index is 2.05. The van der Waals surface area contributed by atoms with E-state index in [0.29, 0.717) is 34.6 Å². The van der Waals surface area contributed by atoms with Crippen molar-refractivity contribution in [2.24, 2.45) is 0 Å². The number of hydrogen-bond acceptors (Lipinski definition) is 3. The van der Waals surface area contributed by atoms with E-state index in [9.17, 15) is 4.79 Å². The van der Waals surface area contributed by atoms with Crippen LogP contribution in [0.2, 0.25) is 10.0 Å². The van der Waals surface area contributed by atoms with Gasteiger partial charge in [-0.25, -0.2) is 0 Å². The third-order valence-electron chi connectivity index (χ3n) is 2.32. The van der Waals surface area contributed by atoms with Crippen LogP contribution in [0.4, 0.5) is 0 Å². The highest BCUT2D eigenvalue weighted by Gasteiger charge is 2.01. The van der Waals surface area contributed by atoms with Crippen LogP contribution in [0, 0.1) is 0 Å². The molecule has 19 heavy (non-hydrogen) atoms. The Morgan fingerprint density at radius 3 is 2.42 bits per heavy atom. The normalized spacial score (nSPS) is 10.0. The molecule has 0 aliphatic rings. The van der Waals surface area contributed by atoms with E-state index in [1.165, 1.54) is 0 Å². The molecular weight excluding hydrogens is 287 g/mol. The number of carbonyl (C=O) groups is 1. The van der Waals surface area contributed by atoms with E-state index in [0.717, 1.165) is 5.56 Å². The van der Waals surface area contributed by atoms with E-state index in [2.05, 4.69) is 0 Å². The summed E-state index contributed by atoms with van der Waals surface area (Å²) in [5, 5.41) is 1.03. The molecule has 0 atom stereocenters. The van der Waals surface area contributed by atoms with Gasteiger partial charge in [0.1, 0.15) is 18.1 Å². The minimum Gasteiger partial charge on any atom is -0.489 e. The van der Waals surface area contributed by atoms with E-state index in [1.807, 2.05) is 6.07 Å². The van der Waals surface area contributed by atoms with Gasteiger partial charge in [0, 0.05) is 10.0 Å². The second kappa shape index (κ2) is 6.45. The molecule has 0 aliphatic carbocycles. The lowest BCUT2D eigenvalue weighted by Crippen LogP contribution is -1.96. The van der Waals surface area contributed by atoms with Gasteiger partial charge in [0.15, 0.2) is 0 Å². The molecule has 2 rings (SSSR count). The molecule has 0 spiro atoms. The van der Waals surface area contributed by atoms with E-state index in [-0.39, 0.29) is 0 Å². The van der Waals surface area contributed by atoms with Crippen LogP contribution < -0.4 is 9.47 Å². The zero-order valence-electron chi connectivity index (χ0n) is 9.81. The second-order valence-electron chi connectivity index (χ2n) is 3.76. The molecule has 3 nitrogen and oxygen atoms in total. The van der Waals surface area contributed by atoms with E-state index in [1.54, 1.807) is 36.4 Å². The molecule has 5 heteroatoms. The van der Waals surface area contributed by atoms with Gasteiger partial charge in [0.05, 0.1) is 0 Å².